The smallest absolute Gasteiger partial charge is 0.256 e. The van der Waals surface area contributed by atoms with Crippen molar-refractivity contribution < 1.29 is 13.2 Å². The van der Waals surface area contributed by atoms with E-state index in [1.165, 1.54) is 12.1 Å². The van der Waals surface area contributed by atoms with Gasteiger partial charge >= 0.3 is 0 Å². The summed E-state index contributed by atoms with van der Waals surface area (Å²) >= 11 is 0. The molecule has 1 aliphatic carbocycles. The Morgan fingerprint density at radius 1 is 0.971 bits per heavy atom. The predicted molar refractivity (Wildman–Crippen MR) is 131 cm³/mol. The number of hydrogen-bond acceptors (Lipinski definition) is 4. The van der Waals surface area contributed by atoms with Crippen molar-refractivity contribution in [1.82, 2.24) is 14.5 Å². The van der Waals surface area contributed by atoms with Crippen molar-refractivity contribution in [2.45, 2.75) is 30.3 Å². The monoisotopic (exact) mass is 472 g/mol. The largest absolute Gasteiger partial charge is 0.322 e. The molecule has 1 fully saturated rings. The maximum absolute atomic E-state index is 13.1. The van der Waals surface area contributed by atoms with E-state index in [0.717, 1.165) is 29.5 Å². The third kappa shape index (κ3) is 5.08. The summed E-state index contributed by atoms with van der Waals surface area (Å²) in [5.74, 6) is -0.305. The number of rotatable bonds is 8. The van der Waals surface area contributed by atoms with Crippen LogP contribution in [0.4, 0.5) is 5.69 Å². The van der Waals surface area contributed by atoms with Gasteiger partial charge in [-0.3, -0.25) is 9.48 Å². The van der Waals surface area contributed by atoms with E-state index in [-0.39, 0.29) is 16.8 Å². The van der Waals surface area contributed by atoms with E-state index in [1.54, 1.807) is 24.4 Å². The summed E-state index contributed by atoms with van der Waals surface area (Å²) < 4.78 is 29.6. The predicted octanol–water partition coefficient (Wildman–Crippen LogP) is 4.29. The highest BCUT2D eigenvalue weighted by Gasteiger charge is 2.28. The lowest BCUT2D eigenvalue weighted by Crippen LogP contribution is -2.25. The van der Waals surface area contributed by atoms with E-state index in [4.69, 9.17) is 0 Å². The lowest BCUT2D eigenvalue weighted by atomic mass is 9.98. The topological polar surface area (TPSA) is 93.1 Å². The third-order valence-electron chi connectivity index (χ3n) is 5.64. The Hall–Kier alpha value is -3.75. The first-order valence-electron chi connectivity index (χ1n) is 11.1. The number of sulfonamides is 1. The van der Waals surface area contributed by atoms with Gasteiger partial charge in [-0.2, -0.15) is 5.10 Å². The number of carbonyl (C=O) groups excluding carboxylic acids is 1. The number of nitrogens with one attached hydrogen (secondary N) is 2. The van der Waals surface area contributed by atoms with Gasteiger partial charge in [-0.1, -0.05) is 48.5 Å². The van der Waals surface area contributed by atoms with Crippen LogP contribution in [0.5, 0.6) is 0 Å². The third-order valence-corrected chi connectivity index (χ3v) is 7.16. The van der Waals surface area contributed by atoms with Gasteiger partial charge in [0.15, 0.2) is 0 Å². The van der Waals surface area contributed by atoms with Gasteiger partial charge in [0.05, 0.1) is 11.4 Å². The zero-order chi connectivity index (χ0) is 23.5. The number of anilines is 1. The van der Waals surface area contributed by atoms with Gasteiger partial charge in [0.25, 0.3) is 5.91 Å². The molecule has 4 aromatic rings. The maximum atomic E-state index is 13.1. The van der Waals surface area contributed by atoms with Crippen molar-refractivity contribution in [2.75, 3.05) is 5.32 Å². The molecule has 0 aliphatic heterocycles. The molecule has 3 aromatic carbocycles. The Labute approximate surface area is 198 Å². The van der Waals surface area contributed by atoms with Crippen LogP contribution in [0.15, 0.2) is 96.2 Å². The van der Waals surface area contributed by atoms with E-state index in [0.29, 0.717) is 17.8 Å². The average Bonchev–Trinajstić information content (AvgIpc) is 3.50. The highest BCUT2D eigenvalue weighted by Crippen LogP contribution is 2.26. The summed E-state index contributed by atoms with van der Waals surface area (Å²) in [6.45, 7) is 0.671. The zero-order valence-electron chi connectivity index (χ0n) is 18.4. The molecule has 0 unspecified atom stereocenters. The van der Waals surface area contributed by atoms with Crippen LogP contribution >= 0.6 is 0 Å². The highest BCUT2D eigenvalue weighted by atomic mass is 32.2. The van der Waals surface area contributed by atoms with Crippen LogP contribution in [-0.4, -0.2) is 30.1 Å². The summed E-state index contributed by atoms with van der Waals surface area (Å²) in [5, 5.41) is 7.08. The van der Waals surface area contributed by atoms with Crippen LogP contribution in [0.1, 0.15) is 28.8 Å². The first-order chi connectivity index (χ1) is 16.5. The molecule has 1 amide bonds. The van der Waals surface area contributed by atoms with Crippen LogP contribution in [-0.2, 0) is 16.6 Å². The highest BCUT2D eigenvalue weighted by molar-refractivity contribution is 7.89. The van der Waals surface area contributed by atoms with Gasteiger partial charge < -0.3 is 5.32 Å². The lowest BCUT2D eigenvalue weighted by molar-refractivity contribution is 0.102. The van der Waals surface area contributed by atoms with E-state index in [9.17, 15) is 13.2 Å². The maximum Gasteiger partial charge on any atom is 0.256 e. The van der Waals surface area contributed by atoms with Crippen molar-refractivity contribution in [3.05, 3.63) is 102 Å². The molecule has 0 radical (unpaired) electrons. The first kappa shape index (κ1) is 22.1. The Bertz CT molecular complexity index is 1410. The second-order valence-corrected chi connectivity index (χ2v) is 10.0. The summed E-state index contributed by atoms with van der Waals surface area (Å²) in [6.07, 6.45) is 5.38. The standard InChI is InChI=1S/C26H24N4O3S/c31-26(28-22-5-3-6-23(17-22)34(32,33)29-21-13-14-21)25-8-2-1-7-24(25)20-11-9-19(10-12-20)18-30-16-4-15-27-30/h1-12,15-17,21,29H,13-14,18H2,(H,28,31). The van der Waals surface area contributed by atoms with Crippen LogP contribution < -0.4 is 10.0 Å². The zero-order valence-corrected chi connectivity index (χ0v) is 19.2. The first-order valence-corrected chi connectivity index (χ1v) is 12.6. The molecule has 1 heterocycles. The molecular formula is C26H24N4O3S. The molecule has 0 atom stereocenters. The van der Waals surface area contributed by atoms with E-state index < -0.39 is 10.0 Å². The molecule has 1 aromatic heterocycles. The Morgan fingerprint density at radius 2 is 1.76 bits per heavy atom. The Balaban J connectivity index is 1.35. The minimum absolute atomic E-state index is 0.0149. The SMILES string of the molecule is O=C(Nc1cccc(S(=O)(=O)NC2CC2)c1)c1ccccc1-c1ccc(Cn2cccn2)cc1. The van der Waals surface area contributed by atoms with Gasteiger partial charge in [0.1, 0.15) is 0 Å². The molecule has 172 valence electrons. The number of benzene rings is 3. The normalized spacial score (nSPS) is 13.5. The van der Waals surface area contributed by atoms with Gasteiger partial charge in [-0.25, -0.2) is 13.1 Å². The average molecular weight is 473 g/mol. The molecular weight excluding hydrogens is 448 g/mol. The number of aromatic nitrogens is 2. The molecule has 2 N–H and O–H groups in total. The molecule has 0 bridgehead atoms. The minimum atomic E-state index is -3.60. The molecule has 7 nitrogen and oxygen atoms in total. The van der Waals surface area contributed by atoms with Gasteiger partial charge in [-0.05, 0) is 59.9 Å². The number of hydrogen-bond donors (Lipinski definition) is 2. The van der Waals surface area contributed by atoms with Crippen molar-refractivity contribution >= 4 is 21.6 Å². The molecule has 0 saturated heterocycles. The number of carbonyl (C=O) groups is 1. The fourth-order valence-electron chi connectivity index (χ4n) is 3.73. The lowest BCUT2D eigenvalue weighted by Gasteiger charge is -2.12. The number of amides is 1. The van der Waals surface area contributed by atoms with Crippen molar-refractivity contribution in [2.24, 2.45) is 0 Å². The summed E-state index contributed by atoms with van der Waals surface area (Å²) in [6, 6.07) is 23.6. The minimum Gasteiger partial charge on any atom is -0.322 e. The fraction of sp³-hybridized carbons (Fsp3) is 0.154. The Morgan fingerprint density at radius 3 is 2.50 bits per heavy atom. The summed E-state index contributed by atoms with van der Waals surface area (Å²) in [5.41, 5.74) is 3.75. The van der Waals surface area contributed by atoms with Crippen molar-refractivity contribution in [1.29, 1.82) is 0 Å². The fourth-order valence-corrected chi connectivity index (χ4v) is 5.08. The summed E-state index contributed by atoms with van der Waals surface area (Å²) in [4.78, 5) is 13.3. The molecule has 1 saturated carbocycles. The van der Waals surface area contributed by atoms with E-state index >= 15 is 0 Å². The Kier molecular flexibility index (Phi) is 6.00. The second-order valence-electron chi connectivity index (χ2n) is 8.32. The molecule has 0 spiro atoms. The van der Waals surface area contributed by atoms with Gasteiger partial charge in [0.2, 0.25) is 10.0 Å². The van der Waals surface area contributed by atoms with Crippen LogP contribution in [0.25, 0.3) is 11.1 Å². The molecule has 8 heteroatoms. The van der Waals surface area contributed by atoms with Gasteiger partial charge in [-0.15, -0.1) is 0 Å². The quantitative estimate of drug-likeness (QED) is 0.400. The van der Waals surface area contributed by atoms with Crippen LogP contribution in [0.2, 0.25) is 0 Å². The van der Waals surface area contributed by atoms with Crippen LogP contribution in [0, 0.1) is 0 Å². The molecule has 34 heavy (non-hydrogen) atoms. The molecule has 1 aliphatic rings. The van der Waals surface area contributed by atoms with E-state index in [2.05, 4.69) is 15.1 Å². The van der Waals surface area contributed by atoms with Crippen LogP contribution in [0.3, 0.4) is 0 Å². The van der Waals surface area contributed by atoms with Crippen molar-refractivity contribution in [3.8, 4) is 11.1 Å². The molecule has 5 rings (SSSR count). The summed E-state index contributed by atoms with van der Waals surface area (Å²) in [7, 11) is -3.60. The second kappa shape index (κ2) is 9.24. The van der Waals surface area contributed by atoms with Crippen molar-refractivity contribution in [3.63, 3.8) is 0 Å². The van der Waals surface area contributed by atoms with Gasteiger partial charge in [0, 0.05) is 29.7 Å². The number of nitrogens with zero attached hydrogens (tertiary/aromatic N) is 2. The van der Waals surface area contributed by atoms with E-state index in [1.807, 2.05) is 59.4 Å².